The number of carboxylic acids is 1. The van der Waals surface area contributed by atoms with Crippen molar-refractivity contribution in [1.29, 1.82) is 0 Å². The molecule has 0 amide bonds. The molecule has 0 aromatic heterocycles. The minimum atomic E-state index is -0.577. The van der Waals surface area contributed by atoms with Gasteiger partial charge in [-0.25, -0.2) is 0 Å². The van der Waals surface area contributed by atoms with Gasteiger partial charge in [-0.1, -0.05) is 0 Å². The topological polar surface area (TPSA) is 37.3 Å². The molecule has 0 spiro atoms. The van der Waals surface area contributed by atoms with Crippen LogP contribution in [0.5, 0.6) is 0 Å². The molecule has 0 aromatic rings. The Morgan fingerprint density at radius 2 is 2.36 bits per heavy atom. The third-order valence-corrected chi connectivity index (χ3v) is 3.92. The van der Waals surface area contributed by atoms with Gasteiger partial charge < -0.3 is 5.11 Å². The van der Waals surface area contributed by atoms with E-state index in [-0.39, 0.29) is 5.92 Å². The molecule has 1 aliphatic heterocycles. The lowest BCUT2D eigenvalue weighted by Gasteiger charge is -2.03. The normalized spacial score (nSPS) is 42.4. The maximum atomic E-state index is 10.5. The number of carbonyl (C=O) groups is 1. The molecule has 11 heavy (non-hydrogen) atoms. The molecular weight excluding hydrogens is 160 g/mol. The van der Waals surface area contributed by atoms with Crippen LogP contribution < -0.4 is 0 Å². The van der Waals surface area contributed by atoms with E-state index in [1.165, 1.54) is 17.9 Å². The zero-order valence-electron chi connectivity index (χ0n) is 6.32. The summed E-state index contributed by atoms with van der Waals surface area (Å²) in [5, 5.41) is 8.68. The molecule has 1 saturated heterocycles. The summed E-state index contributed by atoms with van der Waals surface area (Å²) in [6.07, 6.45) is 2.19. The third-order valence-electron chi connectivity index (χ3n) is 2.73. The molecule has 2 fully saturated rings. The van der Waals surface area contributed by atoms with Crippen molar-refractivity contribution in [2.45, 2.75) is 12.8 Å². The van der Waals surface area contributed by atoms with E-state index in [0.29, 0.717) is 5.92 Å². The van der Waals surface area contributed by atoms with Gasteiger partial charge in [0.1, 0.15) is 0 Å². The lowest BCUT2D eigenvalue weighted by molar-refractivity contribution is -0.139. The summed E-state index contributed by atoms with van der Waals surface area (Å²) in [7, 11) is 0. The predicted octanol–water partition coefficient (Wildman–Crippen LogP) is 1.46. The lowest BCUT2D eigenvalue weighted by atomic mass is 10.0. The zero-order chi connectivity index (χ0) is 7.84. The first-order valence-corrected chi connectivity index (χ1v) is 5.25. The second kappa shape index (κ2) is 2.70. The average Bonchev–Trinajstić information content (AvgIpc) is 2.60. The largest absolute Gasteiger partial charge is 0.481 e. The highest BCUT2D eigenvalue weighted by Gasteiger charge is 2.48. The van der Waals surface area contributed by atoms with Crippen LogP contribution in [0.25, 0.3) is 0 Å². The van der Waals surface area contributed by atoms with E-state index in [0.717, 1.165) is 12.3 Å². The predicted molar refractivity (Wildman–Crippen MR) is 44.7 cm³/mol. The van der Waals surface area contributed by atoms with Crippen molar-refractivity contribution in [3.8, 4) is 0 Å². The lowest BCUT2D eigenvalue weighted by Crippen LogP contribution is -2.07. The van der Waals surface area contributed by atoms with Crippen molar-refractivity contribution >= 4 is 17.7 Å². The van der Waals surface area contributed by atoms with Crippen molar-refractivity contribution in [2.75, 3.05) is 11.5 Å². The van der Waals surface area contributed by atoms with Crippen molar-refractivity contribution < 1.29 is 9.90 Å². The van der Waals surface area contributed by atoms with Gasteiger partial charge in [0.15, 0.2) is 0 Å². The van der Waals surface area contributed by atoms with Crippen LogP contribution in [0.1, 0.15) is 12.8 Å². The molecule has 1 N–H and O–H groups in total. The van der Waals surface area contributed by atoms with Gasteiger partial charge in [0.2, 0.25) is 0 Å². The van der Waals surface area contributed by atoms with Gasteiger partial charge in [0, 0.05) is 0 Å². The summed E-state index contributed by atoms with van der Waals surface area (Å²) in [5.41, 5.74) is 0. The average molecular weight is 172 g/mol. The first-order chi connectivity index (χ1) is 5.29. The van der Waals surface area contributed by atoms with Gasteiger partial charge >= 0.3 is 5.97 Å². The molecule has 0 aromatic carbocycles. The van der Waals surface area contributed by atoms with Crippen LogP contribution in [0, 0.1) is 17.8 Å². The van der Waals surface area contributed by atoms with Gasteiger partial charge in [-0.15, -0.1) is 0 Å². The SMILES string of the molecule is O=C(O)[C@H]1C[C@@H]1C1CCSC1. The van der Waals surface area contributed by atoms with E-state index < -0.39 is 5.97 Å². The van der Waals surface area contributed by atoms with Gasteiger partial charge in [-0.2, -0.15) is 11.8 Å². The fraction of sp³-hybridized carbons (Fsp3) is 0.875. The maximum Gasteiger partial charge on any atom is 0.306 e. The molecule has 1 aliphatic carbocycles. The Kier molecular flexibility index (Phi) is 1.83. The van der Waals surface area contributed by atoms with Gasteiger partial charge in [-0.05, 0) is 36.2 Å². The standard InChI is InChI=1S/C8H12O2S/c9-8(10)7-3-6(7)5-1-2-11-4-5/h5-7H,1-4H2,(H,9,10)/t5?,6-,7+/m1/s1. The van der Waals surface area contributed by atoms with Crippen LogP contribution >= 0.6 is 11.8 Å². The number of carboxylic acid groups (broad SMARTS) is 1. The zero-order valence-corrected chi connectivity index (χ0v) is 7.14. The number of aliphatic carboxylic acids is 1. The first kappa shape index (κ1) is 7.47. The van der Waals surface area contributed by atoms with Crippen LogP contribution in [0.3, 0.4) is 0 Å². The smallest absolute Gasteiger partial charge is 0.306 e. The number of rotatable bonds is 2. The van der Waals surface area contributed by atoms with E-state index in [2.05, 4.69) is 0 Å². The fourth-order valence-corrected chi connectivity index (χ4v) is 3.26. The maximum absolute atomic E-state index is 10.5. The molecule has 1 unspecified atom stereocenters. The minimum absolute atomic E-state index is 0.0127. The van der Waals surface area contributed by atoms with Crippen molar-refractivity contribution in [3.05, 3.63) is 0 Å². The minimum Gasteiger partial charge on any atom is -0.481 e. The molecule has 2 rings (SSSR count). The molecule has 2 nitrogen and oxygen atoms in total. The Hall–Kier alpha value is -0.180. The van der Waals surface area contributed by atoms with E-state index in [1.807, 2.05) is 11.8 Å². The molecule has 0 bridgehead atoms. The second-order valence-corrected chi connectivity index (χ2v) is 4.62. The molecule has 2 aliphatic rings. The van der Waals surface area contributed by atoms with Crippen molar-refractivity contribution in [3.63, 3.8) is 0 Å². The molecule has 1 heterocycles. The Labute approximate surface area is 70.4 Å². The summed E-state index contributed by atoms with van der Waals surface area (Å²) in [5.74, 6) is 3.14. The van der Waals surface area contributed by atoms with Crippen molar-refractivity contribution in [2.24, 2.45) is 17.8 Å². The van der Waals surface area contributed by atoms with Gasteiger partial charge in [-0.3, -0.25) is 4.79 Å². The Bertz CT molecular complexity index is 175. The highest BCUT2D eigenvalue weighted by atomic mass is 32.2. The molecular formula is C8H12O2S. The highest BCUT2D eigenvalue weighted by molar-refractivity contribution is 7.99. The summed E-state index contributed by atoms with van der Waals surface area (Å²) in [4.78, 5) is 10.5. The highest BCUT2D eigenvalue weighted by Crippen LogP contribution is 2.49. The monoisotopic (exact) mass is 172 g/mol. The van der Waals surface area contributed by atoms with Crippen LogP contribution in [0.15, 0.2) is 0 Å². The molecule has 0 radical (unpaired) electrons. The fourth-order valence-electron chi connectivity index (χ4n) is 1.91. The number of thioether (sulfide) groups is 1. The van der Waals surface area contributed by atoms with Crippen LogP contribution in [0.2, 0.25) is 0 Å². The third kappa shape index (κ3) is 1.39. The second-order valence-electron chi connectivity index (χ2n) is 3.47. The van der Waals surface area contributed by atoms with E-state index in [1.54, 1.807) is 0 Å². The first-order valence-electron chi connectivity index (χ1n) is 4.09. The summed E-state index contributed by atoms with van der Waals surface area (Å²) >= 11 is 1.97. The van der Waals surface area contributed by atoms with E-state index in [9.17, 15) is 4.79 Å². The molecule has 62 valence electrons. The van der Waals surface area contributed by atoms with Crippen LogP contribution in [0.4, 0.5) is 0 Å². The number of hydrogen-bond acceptors (Lipinski definition) is 2. The Morgan fingerprint density at radius 1 is 1.55 bits per heavy atom. The number of hydrogen-bond donors (Lipinski definition) is 1. The van der Waals surface area contributed by atoms with E-state index >= 15 is 0 Å². The van der Waals surface area contributed by atoms with Gasteiger partial charge in [0.25, 0.3) is 0 Å². The Balaban J connectivity index is 1.85. The molecule has 3 heteroatoms. The molecule has 3 atom stereocenters. The van der Waals surface area contributed by atoms with E-state index in [4.69, 9.17) is 5.11 Å². The summed E-state index contributed by atoms with van der Waals surface area (Å²) in [6, 6.07) is 0. The van der Waals surface area contributed by atoms with Crippen LogP contribution in [-0.2, 0) is 4.79 Å². The van der Waals surface area contributed by atoms with Gasteiger partial charge in [0.05, 0.1) is 5.92 Å². The summed E-state index contributed by atoms with van der Waals surface area (Å²) in [6.45, 7) is 0. The van der Waals surface area contributed by atoms with Crippen molar-refractivity contribution in [1.82, 2.24) is 0 Å². The molecule has 1 saturated carbocycles. The van der Waals surface area contributed by atoms with Crippen LogP contribution in [-0.4, -0.2) is 22.6 Å². The quantitative estimate of drug-likeness (QED) is 0.685. The summed E-state index contributed by atoms with van der Waals surface area (Å²) < 4.78 is 0. The Morgan fingerprint density at radius 3 is 2.82 bits per heavy atom.